The van der Waals surface area contributed by atoms with Crippen LogP contribution < -0.4 is 4.90 Å². The van der Waals surface area contributed by atoms with Crippen LogP contribution in [0.15, 0.2) is 42.6 Å². The molecular weight excluding hydrogens is 288 g/mol. The topological polar surface area (TPSA) is 55.4 Å². The van der Waals surface area contributed by atoms with Gasteiger partial charge in [-0.1, -0.05) is 0 Å². The Morgan fingerprint density at radius 1 is 1.04 bits per heavy atom. The number of piperazine rings is 1. The lowest BCUT2D eigenvalue weighted by molar-refractivity contribution is 0.312. The quantitative estimate of drug-likeness (QED) is 0.764. The molecule has 0 spiro atoms. The van der Waals surface area contributed by atoms with Crippen LogP contribution in [0.1, 0.15) is 0 Å². The molecule has 5 nitrogen and oxygen atoms in total. The van der Waals surface area contributed by atoms with Gasteiger partial charge in [-0.05, 0) is 43.4 Å². The first-order valence-corrected chi connectivity index (χ1v) is 7.91. The van der Waals surface area contributed by atoms with Crippen LogP contribution in [0, 0.1) is 0 Å². The van der Waals surface area contributed by atoms with Gasteiger partial charge in [-0.3, -0.25) is 0 Å². The Labute approximate surface area is 135 Å². The number of aromatic nitrogens is 2. The van der Waals surface area contributed by atoms with E-state index in [0.29, 0.717) is 0 Å². The molecule has 3 heterocycles. The molecule has 0 radical (unpaired) electrons. The standard InChI is InChI=1S/C18H20N4O/c1-21-6-8-22(9-7-21)18-5-2-13(12-19-18)17-11-14-10-15(23)3-4-16(14)20-17/h2-5,10-12,20,23H,6-9H2,1H3. The van der Waals surface area contributed by atoms with Gasteiger partial charge in [0.2, 0.25) is 0 Å². The second-order valence-corrected chi connectivity index (χ2v) is 6.15. The van der Waals surface area contributed by atoms with E-state index in [2.05, 4.69) is 38.9 Å². The number of nitrogens with zero attached hydrogens (tertiary/aromatic N) is 3. The van der Waals surface area contributed by atoms with Crippen LogP contribution in [0.4, 0.5) is 5.82 Å². The van der Waals surface area contributed by atoms with E-state index in [1.54, 1.807) is 12.1 Å². The van der Waals surface area contributed by atoms with E-state index in [9.17, 15) is 5.11 Å². The van der Waals surface area contributed by atoms with Gasteiger partial charge >= 0.3 is 0 Å². The number of pyridine rings is 1. The Balaban J connectivity index is 1.59. The highest BCUT2D eigenvalue weighted by atomic mass is 16.3. The van der Waals surface area contributed by atoms with Crippen molar-refractivity contribution in [3.8, 4) is 17.0 Å². The zero-order valence-electron chi connectivity index (χ0n) is 13.2. The third-order valence-electron chi connectivity index (χ3n) is 4.49. The second kappa shape index (κ2) is 5.59. The molecule has 23 heavy (non-hydrogen) atoms. The molecule has 2 aromatic heterocycles. The molecule has 1 aliphatic rings. The summed E-state index contributed by atoms with van der Waals surface area (Å²) in [6.07, 6.45) is 1.91. The van der Waals surface area contributed by atoms with Gasteiger partial charge < -0.3 is 19.9 Å². The number of hydrogen-bond donors (Lipinski definition) is 2. The Bertz CT molecular complexity index is 817. The van der Waals surface area contributed by atoms with E-state index < -0.39 is 0 Å². The summed E-state index contributed by atoms with van der Waals surface area (Å²) in [5.41, 5.74) is 3.09. The predicted molar refractivity (Wildman–Crippen MR) is 92.9 cm³/mol. The molecule has 118 valence electrons. The first kappa shape index (κ1) is 14.1. The molecule has 0 amide bonds. The Kier molecular flexibility index (Phi) is 3.42. The van der Waals surface area contributed by atoms with Crippen molar-refractivity contribution < 1.29 is 5.11 Å². The molecule has 0 aliphatic carbocycles. The molecule has 1 aromatic carbocycles. The lowest BCUT2D eigenvalue weighted by Crippen LogP contribution is -2.44. The summed E-state index contributed by atoms with van der Waals surface area (Å²) in [6.45, 7) is 4.20. The van der Waals surface area contributed by atoms with Gasteiger partial charge in [0.05, 0.1) is 0 Å². The van der Waals surface area contributed by atoms with Crippen molar-refractivity contribution in [3.05, 3.63) is 42.6 Å². The number of aromatic hydroxyl groups is 1. The number of nitrogens with one attached hydrogen (secondary N) is 1. The fourth-order valence-electron chi connectivity index (χ4n) is 3.04. The van der Waals surface area contributed by atoms with Crippen LogP contribution in [0.3, 0.4) is 0 Å². The second-order valence-electron chi connectivity index (χ2n) is 6.15. The largest absolute Gasteiger partial charge is 0.508 e. The Morgan fingerprint density at radius 2 is 1.87 bits per heavy atom. The maximum absolute atomic E-state index is 9.57. The number of rotatable bonds is 2. The molecule has 0 atom stereocenters. The molecule has 1 fully saturated rings. The summed E-state index contributed by atoms with van der Waals surface area (Å²) in [5.74, 6) is 1.32. The van der Waals surface area contributed by atoms with Crippen LogP contribution >= 0.6 is 0 Å². The van der Waals surface area contributed by atoms with Crippen LogP contribution in [-0.4, -0.2) is 53.2 Å². The third kappa shape index (κ3) is 2.75. The summed E-state index contributed by atoms with van der Waals surface area (Å²) < 4.78 is 0. The SMILES string of the molecule is CN1CCN(c2ccc(-c3cc4cc(O)ccc4[nH]3)cn2)CC1. The van der Waals surface area contributed by atoms with Gasteiger partial charge in [-0.25, -0.2) is 4.98 Å². The summed E-state index contributed by atoms with van der Waals surface area (Å²) in [6, 6.07) is 11.6. The average molecular weight is 308 g/mol. The van der Waals surface area contributed by atoms with Crippen molar-refractivity contribution in [2.75, 3.05) is 38.1 Å². The van der Waals surface area contributed by atoms with Gasteiger partial charge in [0.1, 0.15) is 11.6 Å². The number of aromatic amines is 1. The van der Waals surface area contributed by atoms with E-state index >= 15 is 0 Å². The normalized spacial score (nSPS) is 16.1. The monoisotopic (exact) mass is 308 g/mol. The predicted octanol–water partition coefficient (Wildman–Crippen LogP) is 2.69. The van der Waals surface area contributed by atoms with Crippen molar-refractivity contribution in [1.29, 1.82) is 0 Å². The van der Waals surface area contributed by atoms with Crippen molar-refractivity contribution >= 4 is 16.7 Å². The van der Waals surface area contributed by atoms with Crippen LogP contribution in [0.5, 0.6) is 5.75 Å². The first-order chi connectivity index (χ1) is 11.2. The minimum atomic E-state index is 0.284. The highest BCUT2D eigenvalue weighted by molar-refractivity contribution is 5.86. The number of hydrogen-bond acceptors (Lipinski definition) is 4. The van der Waals surface area contributed by atoms with Crippen LogP contribution in [-0.2, 0) is 0 Å². The van der Waals surface area contributed by atoms with E-state index in [0.717, 1.165) is 54.2 Å². The molecule has 3 aromatic rings. The lowest BCUT2D eigenvalue weighted by Gasteiger charge is -2.33. The smallest absolute Gasteiger partial charge is 0.128 e. The van der Waals surface area contributed by atoms with Gasteiger partial charge in [0.25, 0.3) is 0 Å². The summed E-state index contributed by atoms with van der Waals surface area (Å²) in [7, 11) is 2.15. The molecule has 1 aliphatic heterocycles. The fraction of sp³-hybridized carbons (Fsp3) is 0.278. The maximum Gasteiger partial charge on any atom is 0.128 e. The van der Waals surface area contributed by atoms with E-state index in [4.69, 9.17) is 0 Å². The minimum Gasteiger partial charge on any atom is -0.508 e. The molecule has 5 heteroatoms. The van der Waals surface area contributed by atoms with Crippen LogP contribution in [0.25, 0.3) is 22.2 Å². The van der Waals surface area contributed by atoms with Gasteiger partial charge in [0, 0.05) is 54.5 Å². The molecule has 4 rings (SSSR count). The molecule has 2 N–H and O–H groups in total. The van der Waals surface area contributed by atoms with Crippen molar-refractivity contribution in [3.63, 3.8) is 0 Å². The highest BCUT2D eigenvalue weighted by Gasteiger charge is 2.15. The van der Waals surface area contributed by atoms with Crippen LogP contribution in [0.2, 0.25) is 0 Å². The van der Waals surface area contributed by atoms with Crippen molar-refractivity contribution in [2.45, 2.75) is 0 Å². The van der Waals surface area contributed by atoms with E-state index in [1.807, 2.05) is 18.3 Å². The summed E-state index contributed by atoms with van der Waals surface area (Å²) in [5, 5.41) is 10.6. The number of likely N-dealkylation sites (N-methyl/N-ethyl adjacent to an activating group) is 1. The number of phenols is 1. The zero-order valence-corrected chi connectivity index (χ0v) is 13.2. The highest BCUT2D eigenvalue weighted by Crippen LogP contribution is 2.27. The van der Waals surface area contributed by atoms with Gasteiger partial charge in [-0.2, -0.15) is 0 Å². The Morgan fingerprint density at radius 3 is 2.61 bits per heavy atom. The lowest BCUT2D eigenvalue weighted by atomic mass is 10.2. The third-order valence-corrected chi connectivity index (χ3v) is 4.49. The number of fused-ring (bicyclic) bond motifs is 1. The number of H-pyrrole nitrogens is 1. The fourth-order valence-corrected chi connectivity index (χ4v) is 3.04. The molecular formula is C18H20N4O. The van der Waals surface area contributed by atoms with E-state index in [1.165, 1.54) is 0 Å². The minimum absolute atomic E-state index is 0.284. The number of benzene rings is 1. The van der Waals surface area contributed by atoms with E-state index in [-0.39, 0.29) is 5.75 Å². The Hall–Kier alpha value is -2.53. The zero-order chi connectivity index (χ0) is 15.8. The average Bonchev–Trinajstić information content (AvgIpc) is 2.99. The summed E-state index contributed by atoms with van der Waals surface area (Å²) >= 11 is 0. The molecule has 0 saturated carbocycles. The van der Waals surface area contributed by atoms with Crippen molar-refractivity contribution in [2.24, 2.45) is 0 Å². The van der Waals surface area contributed by atoms with Gasteiger partial charge in [-0.15, -0.1) is 0 Å². The number of phenolic OH excluding ortho intramolecular Hbond substituents is 1. The summed E-state index contributed by atoms with van der Waals surface area (Å²) in [4.78, 5) is 12.7. The van der Waals surface area contributed by atoms with Gasteiger partial charge in [0.15, 0.2) is 0 Å². The molecule has 0 unspecified atom stereocenters. The molecule has 1 saturated heterocycles. The van der Waals surface area contributed by atoms with Crippen molar-refractivity contribution in [1.82, 2.24) is 14.9 Å². The maximum atomic E-state index is 9.57. The molecule has 0 bridgehead atoms. The number of anilines is 1. The first-order valence-electron chi connectivity index (χ1n) is 7.91.